The van der Waals surface area contributed by atoms with Crippen LogP contribution in [0.2, 0.25) is 0 Å². The highest BCUT2D eigenvalue weighted by atomic mass is 32.2. The lowest BCUT2D eigenvalue weighted by Crippen LogP contribution is -2.37. The molecule has 0 saturated carbocycles. The molecule has 0 aliphatic carbocycles. The maximum atomic E-state index is 12.7. The van der Waals surface area contributed by atoms with E-state index in [4.69, 9.17) is 0 Å². The lowest BCUT2D eigenvalue weighted by Gasteiger charge is -2.05. The van der Waals surface area contributed by atoms with Gasteiger partial charge in [-0.2, -0.15) is 22.8 Å². The first-order chi connectivity index (χ1) is 13.8. The number of rotatable bonds is 3. The van der Waals surface area contributed by atoms with Gasteiger partial charge in [-0.3, -0.25) is 4.79 Å². The van der Waals surface area contributed by atoms with Gasteiger partial charge in [0.05, 0.1) is 6.20 Å². The minimum absolute atomic E-state index is 0.109. The van der Waals surface area contributed by atoms with Crippen LogP contribution in [0.25, 0.3) is 22.5 Å². The van der Waals surface area contributed by atoms with Crippen molar-refractivity contribution < 1.29 is 18.3 Å². The van der Waals surface area contributed by atoms with Gasteiger partial charge in [-0.05, 0) is 29.8 Å². The Morgan fingerprint density at radius 1 is 0.966 bits per heavy atom. The van der Waals surface area contributed by atoms with Crippen LogP contribution in [0.5, 0.6) is 0 Å². The Bertz CT molecular complexity index is 1290. The Balaban J connectivity index is 1.72. The van der Waals surface area contributed by atoms with Crippen molar-refractivity contribution in [1.82, 2.24) is 14.6 Å². The molecule has 0 bridgehead atoms. The van der Waals surface area contributed by atoms with Gasteiger partial charge in [0.1, 0.15) is 5.22 Å². The minimum atomic E-state index is -5.04. The summed E-state index contributed by atoms with van der Waals surface area (Å²) in [6.45, 7) is 0. The van der Waals surface area contributed by atoms with Crippen LogP contribution >= 0.6 is 11.8 Å². The highest BCUT2D eigenvalue weighted by molar-refractivity contribution is 7.99. The van der Waals surface area contributed by atoms with E-state index in [-0.39, 0.29) is 5.65 Å². The van der Waals surface area contributed by atoms with Crippen LogP contribution in [-0.2, 0) is 0 Å². The van der Waals surface area contributed by atoms with Gasteiger partial charge >= 0.3 is 6.18 Å². The van der Waals surface area contributed by atoms with E-state index < -0.39 is 22.7 Å². The van der Waals surface area contributed by atoms with Gasteiger partial charge in [-0.15, -0.1) is 0 Å². The van der Waals surface area contributed by atoms with Crippen molar-refractivity contribution >= 4 is 23.2 Å². The zero-order valence-electron chi connectivity index (χ0n) is 14.6. The summed E-state index contributed by atoms with van der Waals surface area (Å²) in [6.07, 6.45) is -2.97. The fourth-order valence-corrected chi connectivity index (χ4v) is 3.59. The van der Waals surface area contributed by atoms with Gasteiger partial charge < -0.3 is 5.11 Å². The molecular formula is C20H12F3N3O2S. The van der Waals surface area contributed by atoms with Gasteiger partial charge in [0.15, 0.2) is 5.65 Å². The SMILES string of the molecule is O=c1/c(=C(\O)C(F)(F)F)cnc2c(-c3ccc(Sc4ccccc4)cc3)cnn12. The van der Waals surface area contributed by atoms with Crippen LogP contribution in [0.3, 0.4) is 0 Å². The summed E-state index contributed by atoms with van der Waals surface area (Å²) in [6, 6.07) is 17.3. The largest absolute Gasteiger partial charge is 0.504 e. The molecule has 0 aliphatic heterocycles. The first kappa shape index (κ1) is 19.0. The van der Waals surface area contributed by atoms with Gasteiger partial charge in [0.2, 0.25) is 5.76 Å². The molecule has 0 saturated heterocycles. The predicted molar refractivity (Wildman–Crippen MR) is 103 cm³/mol. The van der Waals surface area contributed by atoms with Crippen molar-refractivity contribution in [2.45, 2.75) is 16.0 Å². The summed E-state index contributed by atoms with van der Waals surface area (Å²) in [4.78, 5) is 18.3. The average molecular weight is 415 g/mol. The van der Waals surface area contributed by atoms with Crippen molar-refractivity contribution in [1.29, 1.82) is 0 Å². The highest BCUT2D eigenvalue weighted by Crippen LogP contribution is 2.30. The molecule has 5 nitrogen and oxygen atoms in total. The Kier molecular flexibility index (Phi) is 4.75. The lowest BCUT2D eigenvalue weighted by atomic mass is 10.1. The van der Waals surface area contributed by atoms with E-state index in [1.54, 1.807) is 11.8 Å². The molecule has 0 radical (unpaired) electrons. The summed E-state index contributed by atoms with van der Waals surface area (Å²) >= 11 is 1.58. The van der Waals surface area contributed by atoms with E-state index in [2.05, 4.69) is 10.1 Å². The average Bonchev–Trinajstić information content (AvgIpc) is 3.13. The Morgan fingerprint density at radius 3 is 2.28 bits per heavy atom. The molecule has 146 valence electrons. The molecule has 0 atom stereocenters. The third-order valence-corrected chi connectivity index (χ3v) is 5.17. The van der Waals surface area contributed by atoms with Crippen molar-refractivity contribution in [2.24, 2.45) is 0 Å². The summed E-state index contributed by atoms with van der Waals surface area (Å²) in [5, 5.41) is 12.2. The fourth-order valence-electron chi connectivity index (χ4n) is 2.76. The van der Waals surface area contributed by atoms with Crippen LogP contribution in [-0.4, -0.2) is 25.9 Å². The van der Waals surface area contributed by atoms with Crippen LogP contribution in [0.1, 0.15) is 0 Å². The third kappa shape index (κ3) is 3.68. The molecule has 9 heteroatoms. The molecule has 1 N–H and O–H groups in total. The molecular weight excluding hydrogens is 403 g/mol. The van der Waals surface area contributed by atoms with Gasteiger partial charge in [-0.1, -0.05) is 42.1 Å². The number of aliphatic hydroxyl groups excluding tert-OH is 1. The number of alkyl halides is 3. The van der Waals surface area contributed by atoms with E-state index >= 15 is 0 Å². The molecule has 29 heavy (non-hydrogen) atoms. The molecule has 2 heterocycles. The Morgan fingerprint density at radius 2 is 1.62 bits per heavy atom. The third-order valence-electron chi connectivity index (χ3n) is 4.15. The fraction of sp³-hybridized carbons (Fsp3) is 0.0500. The van der Waals surface area contributed by atoms with Crippen molar-refractivity contribution in [2.75, 3.05) is 0 Å². The number of fused-ring (bicyclic) bond motifs is 1. The lowest BCUT2D eigenvalue weighted by molar-refractivity contribution is -0.0897. The number of aromatic nitrogens is 3. The first-order valence-corrected chi connectivity index (χ1v) is 9.17. The summed E-state index contributed by atoms with van der Waals surface area (Å²) in [5.74, 6) is -1.99. The molecule has 2 aromatic carbocycles. The van der Waals surface area contributed by atoms with E-state index in [0.29, 0.717) is 17.3 Å². The number of nitrogens with zero attached hydrogens (tertiary/aromatic N) is 3. The summed E-state index contributed by atoms with van der Waals surface area (Å²) in [5.41, 5.74) is 0.224. The smallest absolute Gasteiger partial charge is 0.449 e. The van der Waals surface area contributed by atoms with Crippen molar-refractivity contribution in [3.05, 3.63) is 82.6 Å². The second-order valence-corrected chi connectivity index (χ2v) is 7.20. The second-order valence-electron chi connectivity index (χ2n) is 6.06. The first-order valence-electron chi connectivity index (χ1n) is 8.35. The number of benzene rings is 2. The van der Waals surface area contributed by atoms with Crippen molar-refractivity contribution in [3.8, 4) is 11.1 Å². The predicted octanol–water partition coefficient (Wildman–Crippen LogP) is 3.86. The number of aliphatic hydroxyl groups is 1. The van der Waals surface area contributed by atoms with E-state index in [1.165, 1.54) is 6.20 Å². The van der Waals surface area contributed by atoms with Crippen LogP contribution < -0.4 is 10.8 Å². The van der Waals surface area contributed by atoms with E-state index in [1.807, 2.05) is 54.6 Å². The molecule has 0 unspecified atom stereocenters. The molecule has 0 fully saturated rings. The van der Waals surface area contributed by atoms with E-state index in [0.717, 1.165) is 14.3 Å². The highest BCUT2D eigenvalue weighted by Gasteiger charge is 2.35. The number of halogens is 3. The zero-order chi connectivity index (χ0) is 20.6. The molecule has 0 spiro atoms. The van der Waals surface area contributed by atoms with E-state index in [9.17, 15) is 23.1 Å². The summed E-state index contributed by atoms with van der Waals surface area (Å²) < 4.78 is 38.8. The maximum Gasteiger partial charge on any atom is 0.449 e. The van der Waals surface area contributed by atoms with Crippen LogP contribution in [0.15, 0.2) is 81.6 Å². The second kappa shape index (κ2) is 7.25. The molecule has 0 amide bonds. The van der Waals surface area contributed by atoms with Gasteiger partial charge in [0, 0.05) is 21.6 Å². The van der Waals surface area contributed by atoms with Gasteiger partial charge in [0.25, 0.3) is 5.56 Å². The molecule has 2 aromatic heterocycles. The quantitative estimate of drug-likeness (QED) is 0.551. The topological polar surface area (TPSA) is 67.5 Å². The molecule has 4 aromatic rings. The molecule has 4 rings (SSSR count). The minimum Gasteiger partial charge on any atom is -0.504 e. The maximum absolute atomic E-state index is 12.7. The Hall–Kier alpha value is -3.33. The Labute approximate surface area is 166 Å². The number of hydrogen-bond donors (Lipinski definition) is 1. The standard InChI is InChI=1S/C20H12F3N3O2S/c21-20(22,23)17(27)16-10-24-18-15(11-25-26(18)19(16)28)12-6-8-14(9-7-12)29-13-4-2-1-3-5-13/h1-11,27H/b17-16-. The number of hydrogen-bond acceptors (Lipinski definition) is 5. The zero-order valence-corrected chi connectivity index (χ0v) is 15.4. The van der Waals surface area contributed by atoms with Gasteiger partial charge in [-0.25, -0.2) is 4.98 Å². The summed E-state index contributed by atoms with van der Waals surface area (Å²) in [7, 11) is 0. The normalized spacial score (nSPS) is 12.9. The molecule has 0 aliphatic rings. The van der Waals surface area contributed by atoms with Crippen LogP contribution in [0.4, 0.5) is 13.2 Å². The van der Waals surface area contributed by atoms with Crippen LogP contribution in [0, 0.1) is 0 Å². The monoisotopic (exact) mass is 415 g/mol. The van der Waals surface area contributed by atoms with Crippen molar-refractivity contribution in [3.63, 3.8) is 0 Å².